The minimum Gasteiger partial charge on any atom is -0.492 e. The third-order valence-electron chi connectivity index (χ3n) is 2.70. The number of halogens is 1. The minimum absolute atomic E-state index is 0.00687. The lowest BCUT2D eigenvalue weighted by Gasteiger charge is -2.12. The van der Waals surface area contributed by atoms with Crippen LogP contribution in [0.15, 0.2) is 28.7 Å². The van der Waals surface area contributed by atoms with Crippen molar-refractivity contribution in [3.63, 3.8) is 0 Å². The van der Waals surface area contributed by atoms with Crippen LogP contribution < -0.4 is 10.1 Å². The average Bonchev–Trinajstić information content (AvgIpc) is 2.43. The highest BCUT2D eigenvalue weighted by atomic mass is 79.9. The van der Waals surface area contributed by atoms with Gasteiger partial charge in [0.15, 0.2) is 0 Å². The second kappa shape index (κ2) is 10.1. The first-order chi connectivity index (χ1) is 9.63. The molecule has 3 nitrogen and oxygen atoms in total. The van der Waals surface area contributed by atoms with Gasteiger partial charge in [-0.3, -0.25) is 4.79 Å². The highest BCUT2D eigenvalue weighted by Gasteiger charge is 2.11. The number of nitrogens with one attached hydrogen (secondary N) is 1. The predicted octanol–water partition coefficient (Wildman–Crippen LogP) is 3.87. The molecule has 1 aromatic carbocycles. The number of benzene rings is 1. The van der Waals surface area contributed by atoms with Gasteiger partial charge in [-0.15, -0.1) is 11.8 Å². The molecule has 0 aliphatic carbocycles. The zero-order valence-corrected chi connectivity index (χ0v) is 14.4. The Labute approximate surface area is 134 Å². The Morgan fingerprint density at radius 1 is 1.50 bits per heavy atom. The van der Waals surface area contributed by atoms with E-state index in [9.17, 15) is 4.79 Å². The van der Waals surface area contributed by atoms with Crippen LogP contribution in [0.25, 0.3) is 0 Å². The maximum absolute atomic E-state index is 11.8. The Hall–Kier alpha value is -0.680. The quantitative estimate of drug-likeness (QED) is 0.680. The van der Waals surface area contributed by atoms with Gasteiger partial charge in [-0.25, -0.2) is 0 Å². The number of unbranched alkanes of at least 4 members (excludes halogenated alkanes) is 1. The fourth-order valence-corrected chi connectivity index (χ4v) is 2.95. The summed E-state index contributed by atoms with van der Waals surface area (Å²) in [5, 5.41) is 2.90. The molecule has 1 rings (SSSR count). The number of hydrogen-bond donors (Lipinski definition) is 1. The zero-order chi connectivity index (χ0) is 14.8. The van der Waals surface area contributed by atoms with Crippen LogP contribution in [0.5, 0.6) is 5.75 Å². The fraction of sp³-hybridized carbons (Fsp3) is 0.533. The third-order valence-corrected chi connectivity index (χ3v) is 4.43. The van der Waals surface area contributed by atoms with Crippen LogP contribution in [0.2, 0.25) is 0 Å². The summed E-state index contributed by atoms with van der Waals surface area (Å²) in [6, 6.07) is 7.68. The molecule has 112 valence electrons. The van der Waals surface area contributed by atoms with Crippen molar-refractivity contribution >= 4 is 33.6 Å². The number of ether oxygens (including phenoxy) is 1. The highest BCUT2D eigenvalue weighted by molar-refractivity contribution is 9.10. The van der Waals surface area contributed by atoms with Gasteiger partial charge in [-0.1, -0.05) is 35.3 Å². The first-order valence-electron chi connectivity index (χ1n) is 6.91. The molecular formula is C15H22BrNO2S. The van der Waals surface area contributed by atoms with Crippen molar-refractivity contribution in [1.82, 2.24) is 5.32 Å². The molecule has 0 bridgehead atoms. The van der Waals surface area contributed by atoms with E-state index in [1.54, 1.807) is 11.8 Å². The Balaban J connectivity index is 2.15. The molecule has 0 unspecified atom stereocenters. The lowest BCUT2D eigenvalue weighted by atomic mass is 10.3. The molecule has 0 aliphatic rings. The second-order valence-electron chi connectivity index (χ2n) is 4.46. The van der Waals surface area contributed by atoms with Crippen molar-refractivity contribution in [3.05, 3.63) is 28.7 Å². The maximum atomic E-state index is 11.8. The standard InChI is InChI=1S/C15H22BrNO2S/c1-3-4-10-20-12(2)15(18)17-8-9-19-14-7-5-6-13(16)11-14/h5-7,11-12H,3-4,8-10H2,1-2H3,(H,17,18)/t12-/m0/s1. The summed E-state index contributed by atoms with van der Waals surface area (Å²) < 4.78 is 6.55. The molecule has 0 fully saturated rings. The smallest absolute Gasteiger partial charge is 0.232 e. The van der Waals surface area contributed by atoms with Gasteiger partial charge in [0.1, 0.15) is 12.4 Å². The Morgan fingerprint density at radius 2 is 2.30 bits per heavy atom. The molecule has 0 saturated heterocycles. The van der Waals surface area contributed by atoms with Gasteiger partial charge in [-0.2, -0.15) is 0 Å². The van der Waals surface area contributed by atoms with E-state index in [0.29, 0.717) is 13.2 Å². The summed E-state index contributed by atoms with van der Waals surface area (Å²) in [6.07, 6.45) is 2.33. The summed E-state index contributed by atoms with van der Waals surface area (Å²) in [6.45, 7) is 5.12. The molecule has 1 amide bonds. The molecule has 0 heterocycles. The summed E-state index contributed by atoms with van der Waals surface area (Å²) in [5.41, 5.74) is 0. The molecule has 1 atom stereocenters. The Bertz CT molecular complexity index is 415. The van der Waals surface area contributed by atoms with E-state index in [-0.39, 0.29) is 11.2 Å². The number of carbonyl (C=O) groups is 1. The fourth-order valence-electron chi connectivity index (χ4n) is 1.52. The molecule has 0 radical (unpaired) electrons. The lowest BCUT2D eigenvalue weighted by Crippen LogP contribution is -2.34. The predicted molar refractivity (Wildman–Crippen MR) is 89.5 cm³/mol. The number of carbonyl (C=O) groups excluding carboxylic acids is 1. The van der Waals surface area contributed by atoms with Crippen LogP contribution in [0.4, 0.5) is 0 Å². The number of hydrogen-bond acceptors (Lipinski definition) is 3. The van der Waals surface area contributed by atoms with Crippen molar-refractivity contribution in [2.24, 2.45) is 0 Å². The number of rotatable bonds is 9. The van der Waals surface area contributed by atoms with Crippen molar-refractivity contribution in [2.45, 2.75) is 31.9 Å². The molecule has 1 aromatic rings. The van der Waals surface area contributed by atoms with Crippen LogP contribution in [0.1, 0.15) is 26.7 Å². The molecule has 0 saturated carbocycles. The molecule has 5 heteroatoms. The van der Waals surface area contributed by atoms with Gasteiger partial charge in [0.25, 0.3) is 0 Å². The van der Waals surface area contributed by atoms with E-state index >= 15 is 0 Å². The Morgan fingerprint density at radius 3 is 3.00 bits per heavy atom. The van der Waals surface area contributed by atoms with E-state index in [2.05, 4.69) is 28.2 Å². The van der Waals surface area contributed by atoms with Gasteiger partial charge in [0.2, 0.25) is 5.91 Å². The molecule has 1 N–H and O–H groups in total. The molecule has 0 aromatic heterocycles. The van der Waals surface area contributed by atoms with Gasteiger partial charge in [0, 0.05) is 4.47 Å². The summed E-state index contributed by atoms with van der Waals surface area (Å²) in [5.74, 6) is 1.93. The summed E-state index contributed by atoms with van der Waals surface area (Å²) in [7, 11) is 0. The molecule has 0 aliphatic heterocycles. The second-order valence-corrected chi connectivity index (χ2v) is 6.83. The van der Waals surface area contributed by atoms with Crippen LogP contribution in [0.3, 0.4) is 0 Å². The van der Waals surface area contributed by atoms with Crippen molar-refractivity contribution in [1.29, 1.82) is 0 Å². The number of thioether (sulfide) groups is 1. The lowest BCUT2D eigenvalue weighted by molar-refractivity contribution is -0.120. The first kappa shape index (κ1) is 17.4. The topological polar surface area (TPSA) is 38.3 Å². The van der Waals surface area contributed by atoms with E-state index in [1.807, 2.05) is 31.2 Å². The van der Waals surface area contributed by atoms with E-state index < -0.39 is 0 Å². The molecule has 0 spiro atoms. The third kappa shape index (κ3) is 7.20. The summed E-state index contributed by atoms with van der Waals surface area (Å²) >= 11 is 5.10. The van der Waals surface area contributed by atoms with Crippen LogP contribution in [-0.4, -0.2) is 30.1 Å². The Kier molecular flexibility index (Phi) is 8.78. The average molecular weight is 360 g/mol. The van der Waals surface area contributed by atoms with Gasteiger partial charge in [0.05, 0.1) is 11.8 Å². The summed E-state index contributed by atoms with van der Waals surface area (Å²) in [4.78, 5) is 11.8. The zero-order valence-electron chi connectivity index (χ0n) is 12.0. The van der Waals surface area contributed by atoms with Crippen LogP contribution in [0, 0.1) is 0 Å². The SMILES string of the molecule is CCCCS[C@@H](C)C(=O)NCCOc1cccc(Br)c1. The highest BCUT2D eigenvalue weighted by Crippen LogP contribution is 2.17. The normalized spacial score (nSPS) is 11.9. The molecule has 20 heavy (non-hydrogen) atoms. The van der Waals surface area contributed by atoms with Crippen molar-refractivity contribution < 1.29 is 9.53 Å². The minimum atomic E-state index is 0.00687. The van der Waals surface area contributed by atoms with E-state index in [4.69, 9.17) is 4.74 Å². The maximum Gasteiger partial charge on any atom is 0.232 e. The first-order valence-corrected chi connectivity index (χ1v) is 8.75. The van der Waals surface area contributed by atoms with E-state index in [0.717, 1.165) is 22.4 Å². The van der Waals surface area contributed by atoms with Gasteiger partial charge < -0.3 is 10.1 Å². The van der Waals surface area contributed by atoms with Crippen LogP contribution in [-0.2, 0) is 4.79 Å². The molecular weight excluding hydrogens is 338 g/mol. The van der Waals surface area contributed by atoms with Gasteiger partial charge >= 0.3 is 0 Å². The number of amides is 1. The largest absolute Gasteiger partial charge is 0.492 e. The van der Waals surface area contributed by atoms with Crippen molar-refractivity contribution in [2.75, 3.05) is 18.9 Å². The van der Waals surface area contributed by atoms with E-state index in [1.165, 1.54) is 6.42 Å². The van der Waals surface area contributed by atoms with Crippen molar-refractivity contribution in [3.8, 4) is 5.75 Å². The van der Waals surface area contributed by atoms with Gasteiger partial charge in [-0.05, 0) is 37.3 Å². The monoisotopic (exact) mass is 359 g/mol. The van der Waals surface area contributed by atoms with Crippen LogP contribution >= 0.6 is 27.7 Å².